The summed E-state index contributed by atoms with van der Waals surface area (Å²) in [6, 6.07) is 5.84. The van der Waals surface area contributed by atoms with Crippen LogP contribution in [0.15, 0.2) is 29.1 Å². The van der Waals surface area contributed by atoms with Crippen molar-refractivity contribution in [3.8, 4) is 11.4 Å². The Balaban J connectivity index is 2.48. The largest absolute Gasteiger partial charge is 0.465 e. The molecule has 0 aliphatic carbocycles. The van der Waals surface area contributed by atoms with E-state index in [1.807, 2.05) is 0 Å². The van der Waals surface area contributed by atoms with E-state index in [-0.39, 0.29) is 12.4 Å². The van der Waals surface area contributed by atoms with E-state index < -0.39 is 37.0 Å². The lowest BCUT2D eigenvalue weighted by Gasteiger charge is -2.15. The van der Waals surface area contributed by atoms with E-state index in [1.165, 1.54) is 24.3 Å². The lowest BCUT2D eigenvalue weighted by Crippen LogP contribution is -2.37. The Bertz CT molecular complexity index is 830. The third kappa shape index (κ3) is 4.64. The molecule has 2 rings (SSSR count). The molecule has 0 aliphatic rings. The van der Waals surface area contributed by atoms with Crippen molar-refractivity contribution < 1.29 is 27.8 Å². The highest BCUT2D eigenvalue weighted by atomic mass is 35.5. The maximum Gasteiger partial charge on any atom is 0.416 e. The third-order valence-electron chi connectivity index (χ3n) is 3.34. The quantitative estimate of drug-likeness (QED) is 0.757. The SMILES string of the molecule is CCOC(=O)Cn1nc(-c2ccc(Cl)cc2)n(C[C@H](O)C(F)(F)F)c1=O. The van der Waals surface area contributed by atoms with Crippen molar-refractivity contribution in [2.75, 3.05) is 6.61 Å². The van der Waals surface area contributed by atoms with Crippen LogP contribution in [0.25, 0.3) is 11.4 Å². The van der Waals surface area contributed by atoms with E-state index >= 15 is 0 Å². The first-order valence-electron chi connectivity index (χ1n) is 7.47. The van der Waals surface area contributed by atoms with Gasteiger partial charge in [-0.15, -0.1) is 5.10 Å². The standard InChI is InChI=1S/C15H15ClF3N3O4/c1-2-26-12(24)8-22-14(25)21(7-11(23)15(17,18)19)13(20-22)9-3-5-10(16)6-4-9/h3-6,11,23H,2,7-8H2,1H3/t11-/m0/s1. The molecule has 1 atom stereocenters. The van der Waals surface area contributed by atoms with E-state index in [4.69, 9.17) is 16.3 Å². The van der Waals surface area contributed by atoms with Crippen molar-refractivity contribution in [1.29, 1.82) is 0 Å². The second-order valence-corrected chi connectivity index (χ2v) is 5.68. The number of rotatable bonds is 6. The van der Waals surface area contributed by atoms with Gasteiger partial charge in [-0.2, -0.15) is 13.2 Å². The number of aromatic nitrogens is 3. The second-order valence-electron chi connectivity index (χ2n) is 5.24. The van der Waals surface area contributed by atoms with Gasteiger partial charge in [-0.3, -0.25) is 9.36 Å². The molecule has 0 amide bonds. The molecule has 0 saturated heterocycles. The molecule has 0 unspecified atom stereocenters. The van der Waals surface area contributed by atoms with E-state index in [1.54, 1.807) is 6.92 Å². The summed E-state index contributed by atoms with van der Waals surface area (Å²) in [7, 11) is 0. The summed E-state index contributed by atoms with van der Waals surface area (Å²) in [5.41, 5.74) is -0.685. The van der Waals surface area contributed by atoms with Crippen LogP contribution in [0.4, 0.5) is 13.2 Å². The number of alkyl halides is 3. The number of hydrogen-bond donors (Lipinski definition) is 1. The topological polar surface area (TPSA) is 86.3 Å². The normalized spacial score (nSPS) is 12.8. The molecule has 1 aromatic heterocycles. The summed E-state index contributed by atoms with van der Waals surface area (Å²) in [4.78, 5) is 24.0. The Hall–Kier alpha value is -2.33. The molecule has 1 aromatic carbocycles. The average Bonchev–Trinajstić information content (AvgIpc) is 2.84. The molecule has 0 fully saturated rings. The number of carbonyl (C=O) groups excluding carboxylic acids is 1. The Morgan fingerprint density at radius 1 is 1.35 bits per heavy atom. The van der Waals surface area contributed by atoms with Gasteiger partial charge in [0.2, 0.25) is 0 Å². The molecule has 2 aromatic rings. The van der Waals surface area contributed by atoms with Gasteiger partial charge in [0.05, 0.1) is 13.2 Å². The molecular weight excluding hydrogens is 379 g/mol. The predicted molar refractivity (Wildman–Crippen MR) is 85.6 cm³/mol. The van der Waals surface area contributed by atoms with Gasteiger partial charge >= 0.3 is 17.8 Å². The number of hydrogen-bond acceptors (Lipinski definition) is 5. The molecule has 1 N–H and O–H groups in total. The minimum absolute atomic E-state index is 0.0745. The molecule has 0 aliphatic heterocycles. The summed E-state index contributed by atoms with van der Waals surface area (Å²) in [6.45, 7) is 0.00865. The fourth-order valence-corrected chi connectivity index (χ4v) is 2.25. The van der Waals surface area contributed by atoms with Crippen molar-refractivity contribution in [3.63, 3.8) is 0 Å². The first-order chi connectivity index (χ1) is 12.1. The molecule has 0 saturated carbocycles. The van der Waals surface area contributed by atoms with Gasteiger partial charge in [-0.25, -0.2) is 9.48 Å². The summed E-state index contributed by atoms with van der Waals surface area (Å²) < 4.78 is 44.1. The monoisotopic (exact) mass is 393 g/mol. The number of benzene rings is 1. The Morgan fingerprint density at radius 2 is 1.96 bits per heavy atom. The molecule has 26 heavy (non-hydrogen) atoms. The number of aliphatic hydroxyl groups excluding tert-OH is 1. The van der Waals surface area contributed by atoms with Crippen LogP contribution in [0.1, 0.15) is 6.92 Å². The van der Waals surface area contributed by atoms with Gasteiger partial charge in [-0.1, -0.05) is 11.6 Å². The zero-order valence-electron chi connectivity index (χ0n) is 13.5. The maximum atomic E-state index is 12.7. The van der Waals surface area contributed by atoms with Crippen molar-refractivity contribution in [3.05, 3.63) is 39.8 Å². The zero-order valence-corrected chi connectivity index (χ0v) is 14.3. The second kappa shape index (κ2) is 7.92. The van der Waals surface area contributed by atoms with Crippen LogP contribution >= 0.6 is 11.6 Å². The van der Waals surface area contributed by atoms with Gasteiger partial charge in [0.15, 0.2) is 11.9 Å². The highest BCUT2D eigenvalue weighted by Crippen LogP contribution is 2.24. The molecule has 0 radical (unpaired) electrons. The third-order valence-corrected chi connectivity index (χ3v) is 3.59. The van der Waals surface area contributed by atoms with Gasteiger partial charge in [-0.05, 0) is 31.2 Å². The summed E-state index contributed by atoms with van der Waals surface area (Å²) in [5.74, 6) is -0.905. The van der Waals surface area contributed by atoms with Crippen LogP contribution in [0.5, 0.6) is 0 Å². The van der Waals surface area contributed by atoms with Gasteiger partial charge in [0.25, 0.3) is 0 Å². The smallest absolute Gasteiger partial charge is 0.416 e. The number of carbonyl (C=O) groups is 1. The van der Waals surface area contributed by atoms with Crippen LogP contribution in [-0.2, 0) is 22.6 Å². The van der Waals surface area contributed by atoms with E-state index in [0.29, 0.717) is 19.8 Å². The van der Waals surface area contributed by atoms with Crippen molar-refractivity contribution >= 4 is 17.6 Å². The van der Waals surface area contributed by atoms with Gasteiger partial charge in [0.1, 0.15) is 6.54 Å². The van der Waals surface area contributed by atoms with Crippen LogP contribution in [0, 0.1) is 0 Å². The Morgan fingerprint density at radius 3 is 2.50 bits per heavy atom. The minimum atomic E-state index is -4.92. The summed E-state index contributed by atoms with van der Waals surface area (Å²) in [5, 5.41) is 13.6. The van der Waals surface area contributed by atoms with Crippen molar-refractivity contribution in [2.24, 2.45) is 0 Å². The number of aliphatic hydroxyl groups is 1. The Labute approximate surface area is 150 Å². The molecule has 7 nitrogen and oxygen atoms in total. The maximum absolute atomic E-state index is 12.7. The highest BCUT2D eigenvalue weighted by molar-refractivity contribution is 6.30. The molecule has 142 valence electrons. The first-order valence-corrected chi connectivity index (χ1v) is 7.85. The van der Waals surface area contributed by atoms with Crippen LogP contribution < -0.4 is 5.69 Å². The predicted octanol–water partition coefficient (Wildman–Crippen LogP) is 1.85. The molecule has 0 bridgehead atoms. The van der Waals surface area contributed by atoms with Crippen molar-refractivity contribution in [2.45, 2.75) is 32.3 Å². The molecule has 0 spiro atoms. The number of esters is 1. The average molecular weight is 394 g/mol. The lowest BCUT2D eigenvalue weighted by atomic mass is 10.2. The van der Waals surface area contributed by atoms with Gasteiger partial charge < -0.3 is 9.84 Å². The number of nitrogens with zero attached hydrogens (tertiary/aromatic N) is 3. The molecule has 11 heteroatoms. The summed E-state index contributed by atoms with van der Waals surface area (Å²) >= 11 is 5.78. The summed E-state index contributed by atoms with van der Waals surface area (Å²) in [6.07, 6.45) is -7.69. The van der Waals surface area contributed by atoms with Crippen LogP contribution in [-0.4, -0.2) is 44.3 Å². The Kier molecular flexibility index (Phi) is 6.09. The van der Waals surface area contributed by atoms with Gasteiger partial charge in [0, 0.05) is 10.6 Å². The van der Waals surface area contributed by atoms with Crippen LogP contribution in [0.3, 0.4) is 0 Å². The molecular formula is C15H15ClF3N3O4. The van der Waals surface area contributed by atoms with Crippen molar-refractivity contribution in [1.82, 2.24) is 14.3 Å². The zero-order chi connectivity index (χ0) is 19.5. The van der Waals surface area contributed by atoms with Crippen LogP contribution in [0.2, 0.25) is 5.02 Å². The molecule has 1 heterocycles. The number of halogens is 4. The lowest BCUT2D eigenvalue weighted by molar-refractivity contribution is -0.207. The highest BCUT2D eigenvalue weighted by Gasteiger charge is 2.39. The van der Waals surface area contributed by atoms with E-state index in [2.05, 4.69) is 5.10 Å². The first kappa shape index (κ1) is 20.0. The fourth-order valence-electron chi connectivity index (χ4n) is 2.13. The van der Waals surface area contributed by atoms with E-state index in [0.717, 1.165) is 0 Å². The van der Waals surface area contributed by atoms with E-state index in [9.17, 15) is 27.9 Å². The fraction of sp³-hybridized carbons (Fsp3) is 0.400. The minimum Gasteiger partial charge on any atom is -0.465 e. The number of ether oxygens (including phenoxy) is 1.